The van der Waals surface area contributed by atoms with Gasteiger partial charge in [-0.3, -0.25) is 0 Å². The molecule has 1 atom stereocenters. The van der Waals surface area contributed by atoms with E-state index >= 15 is 0 Å². The van der Waals surface area contributed by atoms with Crippen LogP contribution in [0.2, 0.25) is 0 Å². The molecule has 1 aliphatic carbocycles. The summed E-state index contributed by atoms with van der Waals surface area (Å²) in [7, 11) is 0. The van der Waals surface area contributed by atoms with Crippen LogP contribution in [0, 0.1) is 6.92 Å². The zero-order valence-corrected chi connectivity index (χ0v) is 11.8. The van der Waals surface area contributed by atoms with Crippen LogP contribution in [-0.4, -0.2) is 17.5 Å². The Morgan fingerprint density at radius 1 is 1.39 bits per heavy atom. The van der Waals surface area contributed by atoms with E-state index in [0.29, 0.717) is 5.25 Å². The van der Waals surface area contributed by atoms with E-state index in [9.17, 15) is 0 Å². The lowest BCUT2D eigenvalue weighted by molar-refractivity contribution is -0.125. The largest absolute Gasteiger partial charge is 0.399 e. The fourth-order valence-electron chi connectivity index (χ4n) is 2.92. The van der Waals surface area contributed by atoms with Crippen LogP contribution in [-0.2, 0) is 4.74 Å². The van der Waals surface area contributed by atoms with Crippen molar-refractivity contribution in [1.82, 2.24) is 0 Å². The highest BCUT2D eigenvalue weighted by Gasteiger charge is 2.42. The molecule has 1 heterocycles. The Hall–Kier alpha value is -0.670. The van der Waals surface area contributed by atoms with Crippen molar-refractivity contribution in [2.75, 3.05) is 12.3 Å². The molecule has 1 spiro atoms. The van der Waals surface area contributed by atoms with E-state index < -0.39 is 0 Å². The molecule has 1 saturated heterocycles. The number of benzene rings is 1. The summed E-state index contributed by atoms with van der Waals surface area (Å²) in [5.41, 5.74) is 8.19. The Kier molecular flexibility index (Phi) is 3.29. The molecule has 2 nitrogen and oxygen atoms in total. The molecule has 98 valence electrons. The van der Waals surface area contributed by atoms with Crippen LogP contribution < -0.4 is 5.73 Å². The summed E-state index contributed by atoms with van der Waals surface area (Å²) in [4.78, 5) is 1.35. The number of aryl methyl sites for hydroxylation is 1. The van der Waals surface area contributed by atoms with Gasteiger partial charge in [0.05, 0.1) is 5.60 Å². The first-order valence-electron chi connectivity index (χ1n) is 6.84. The fraction of sp³-hybridized carbons (Fsp3) is 0.600. The summed E-state index contributed by atoms with van der Waals surface area (Å²) in [5, 5.41) is 0.710. The molecular weight excluding hydrogens is 242 g/mol. The maximum Gasteiger partial charge on any atom is 0.0693 e. The van der Waals surface area contributed by atoms with Crippen LogP contribution in [0.3, 0.4) is 0 Å². The third-order valence-electron chi connectivity index (χ3n) is 4.26. The molecule has 2 fully saturated rings. The number of hydrogen-bond donors (Lipinski definition) is 1. The first-order chi connectivity index (χ1) is 8.67. The van der Waals surface area contributed by atoms with Gasteiger partial charge >= 0.3 is 0 Å². The average molecular weight is 263 g/mol. The van der Waals surface area contributed by atoms with Gasteiger partial charge in [-0.15, -0.1) is 11.8 Å². The van der Waals surface area contributed by atoms with E-state index in [1.165, 1.54) is 42.6 Å². The highest BCUT2D eigenvalue weighted by atomic mass is 32.2. The number of rotatable bonds is 2. The van der Waals surface area contributed by atoms with Crippen molar-refractivity contribution in [3.8, 4) is 0 Å². The Morgan fingerprint density at radius 3 is 2.89 bits per heavy atom. The lowest BCUT2D eigenvalue weighted by atomic mass is 9.75. The van der Waals surface area contributed by atoms with Crippen LogP contribution in [0.15, 0.2) is 23.1 Å². The van der Waals surface area contributed by atoms with Gasteiger partial charge in [-0.05, 0) is 62.8 Å². The molecule has 2 N–H and O–H groups in total. The number of nitrogens with two attached hydrogens (primary N) is 1. The van der Waals surface area contributed by atoms with Gasteiger partial charge in [0.1, 0.15) is 0 Å². The highest BCUT2D eigenvalue weighted by molar-refractivity contribution is 8.00. The topological polar surface area (TPSA) is 35.2 Å². The van der Waals surface area contributed by atoms with Gasteiger partial charge < -0.3 is 10.5 Å². The predicted octanol–water partition coefficient (Wildman–Crippen LogP) is 3.77. The smallest absolute Gasteiger partial charge is 0.0693 e. The van der Waals surface area contributed by atoms with Crippen LogP contribution >= 0.6 is 11.8 Å². The molecule has 1 aliphatic heterocycles. The molecule has 2 aliphatic rings. The van der Waals surface area contributed by atoms with Gasteiger partial charge in [0.15, 0.2) is 0 Å². The second kappa shape index (κ2) is 4.78. The number of anilines is 1. The van der Waals surface area contributed by atoms with Gasteiger partial charge in [-0.2, -0.15) is 0 Å². The van der Waals surface area contributed by atoms with Crippen molar-refractivity contribution in [3.63, 3.8) is 0 Å². The lowest BCUT2D eigenvalue weighted by Gasteiger charge is -2.47. The highest BCUT2D eigenvalue weighted by Crippen LogP contribution is 2.46. The molecule has 0 bridgehead atoms. The first kappa shape index (κ1) is 12.4. The van der Waals surface area contributed by atoms with Crippen molar-refractivity contribution in [2.24, 2.45) is 0 Å². The molecule has 1 aromatic carbocycles. The van der Waals surface area contributed by atoms with Gasteiger partial charge in [0.2, 0.25) is 0 Å². The molecule has 1 aromatic rings. The summed E-state index contributed by atoms with van der Waals surface area (Å²) >= 11 is 2.00. The van der Waals surface area contributed by atoms with E-state index in [4.69, 9.17) is 10.5 Å². The second-order valence-corrected chi connectivity index (χ2v) is 7.01. The minimum absolute atomic E-state index is 0.249. The maximum atomic E-state index is 5.98. The number of ether oxygens (including phenoxy) is 1. The molecular formula is C15H21NOS. The third kappa shape index (κ3) is 2.39. The number of thioether (sulfide) groups is 1. The Bertz CT molecular complexity index is 442. The second-order valence-electron chi connectivity index (χ2n) is 5.64. The van der Waals surface area contributed by atoms with Gasteiger partial charge in [0.25, 0.3) is 0 Å². The average Bonchev–Trinajstić information content (AvgIpc) is 2.32. The van der Waals surface area contributed by atoms with Gasteiger partial charge in [0, 0.05) is 22.4 Å². The quantitative estimate of drug-likeness (QED) is 0.825. The Balaban J connectivity index is 1.66. The van der Waals surface area contributed by atoms with E-state index in [2.05, 4.69) is 19.1 Å². The number of hydrogen-bond acceptors (Lipinski definition) is 3. The molecule has 1 unspecified atom stereocenters. The van der Waals surface area contributed by atoms with Gasteiger partial charge in [-0.1, -0.05) is 0 Å². The fourth-order valence-corrected chi connectivity index (χ4v) is 4.29. The molecule has 0 amide bonds. The van der Waals surface area contributed by atoms with Gasteiger partial charge in [-0.25, -0.2) is 0 Å². The summed E-state index contributed by atoms with van der Waals surface area (Å²) in [6, 6.07) is 6.38. The van der Waals surface area contributed by atoms with Crippen molar-refractivity contribution in [1.29, 1.82) is 0 Å². The van der Waals surface area contributed by atoms with E-state index in [0.717, 1.165) is 12.3 Å². The summed E-state index contributed by atoms with van der Waals surface area (Å²) < 4.78 is 5.98. The lowest BCUT2D eigenvalue weighted by Crippen LogP contribution is -2.46. The standard InChI is InChI=1S/C15H21NOS/c1-11-9-12(3-4-14(11)16)18-13-5-8-17-15(10-13)6-2-7-15/h3-4,9,13H,2,5-8,10,16H2,1H3. The predicted molar refractivity (Wildman–Crippen MR) is 77.0 cm³/mol. The van der Waals surface area contributed by atoms with E-state index in [1.54, 1.807) is 0 Å². The summed E-state index contributed by atoms with van der Waals surface area (Å²) in [6.45, 7) is 3.02. The zero-order chi connectivity index (χ0) is 12.6. The molecule has 3 rings (SSSR count). The zero-order valence-electron chi connectivity index (χ0n) is 10.9. The first-order valence-corrected chi connectivity index (χ1v) is 7.72. The molecule has 0 aromatic heterocycles. The minimum Gasteiger partial charge on any atom is -0.399 e. The molecule has 1 saturated carbocycles. The van der Waals surface area contributed by atoms with Crippen molar-refractivity contribution < 1.29 is 4.74 Å². The normalized spacial score (nSPS) is 25.9. The van der Waals surface area contributed by atoms with Crippen LogP contribution in [0.25, 0.3) is 0 Å². The van der Waals surface area contributed by atoms with Crippen LogP contribution in [0.5, 0.6) is 0 Å². The van der Waals surface area contributed by atoms with Crippen LogP contribution in [0.4, 0.5) is 5.69 Å². The summed E-state index contributed by atoms with van der Waals surface area (Å²) in [5.74, 6) is 0. The van der Waals surface area contributed by atoms with E-state index in [1.807, 2.05) is 17.8 Å². The maximum absolute atomic E-state index is 5.98. The molecule has 0 radical (unpaired) electrons. The minimum atomic E-state index is 0.249. The monoisotopic (exact) mass is 263 g/mol. The molecule has 3 heteroatoms. The van der Waals surface area contributed by atoms with Crippen molar-refractivity contribution in [2.45, 2.75) is 54.8 Å². The Morgan fingerprint density at radius 2 is 2.22 bits per heavy atom. The van der Waals surface area contributed by atoms with Crippen molar-refractivity contribution >= 4 is 17.4 Å². The van der Waals surface area contributed by atoms with E-state index in [-0.39, 0.29) is 5.60 Å². The summed E-state index contributed by atoms with van der Waals surface area (Å²) in [6.07, 6.45) is 6.28. The van der Waals surface area contributed by atoms with Crippen LogP contribution in [0.1, 0.15) is 37.7 Å². The third-order valence-corrected chi connectivity index (χ3v) is 5.52. The Labute approximate surface area is 113 Å². The number of nitrogen functional groups attached to an aromatic ring is 1. The molecule has 18 heavy (non-hydrogen) atoms. The van der Waals surface area contributed by atoms with Crippen molar-refractivity contribution in [3.05, 3.63) is 23.8 Å². The SMILES string of the molecule is Cc1cc(SC2CCOC3(CCC3)C2)ccc1N.